The molecule has 2 unspecified atom stereocenters. The second-order valence-electron chi connectivity index (χ2n) is 6.59. The Hall–Kier alpha value is -1.98. The van der Waals surface area contributed by atoms with Gasteiger partial charge < -0.3 is 9.84 Å². The third-order valence-corrected chi connectivity index (χ3v) is 5.78. The van der Waals surface area contributed by atoms with Crippen LogP contribution in [0.5, 0.6) is 5.75 Å². The lowest BCUT2D eigenvalue weighted by Crippen LogP contribution is -2.41. The van der Waals surface area contributed by atoms with Crippen LogP contribution in [0.4, 0.5) is 0 Å². The summed E-state index contributed by atoms with van der Waals surface area (Å²) in [6.07, 6.45) is 3.70. The van der Waals surface area contributed by atoms with Crippen LogP contribution in [0.15, 0.2) is 53.4 Å². The average Bonchev–Trinajstić information content (AvgIpc) is 2.69. The lowest BCUT2D eigenvalue weighted by atomic mass is 9.91. The number of hydrogen-bond donors (Lipinski definition) is 1. The van der Waals surface area contributed by atoms with Gasteiger partial charge in [0.2, 0.25) is 0 Å². The molecule has 1 aliphatic rings. The lowest BCUT2D eigenvalue weighted by molar-refractivity contribution is -0.143. The van der Waals surface area contributed by atoms with Gasteiger partial charge in [-0.05, 0) is 49.4 Å². The van der Waals surface area contributed by atoms with Gasteiger partial charge in [0, 0.05) is 17.0 Å². The van der Waals surface area contributed by atoms with E-state index in [0.717, 1.165) is 30.7 Å². The predicted molar refractivity (Wildman–Crippen MR) is 105 cm³/mol. The molecule has 1 heterocycles. The molecule has 2 aromatic rings. The van der Waals surface area contributed by atoms with Crippen LogP contribution in [-0.4, -0.2) is 42.4 Å². The fraction of sp³-hybridized carbons (Fsp3) is 0.381. The Morgan fingerprint density at radius 2 is 1.96 bits per heavy atom. The number of likely N-dealkylation sites (tertiary alicyclic amines) is 1. The average molecular weight is 372 g/mol. The molecule has 1 saturated heterocycles. The molecule has 26 heavy (non-hydrogen) atoms. The van der Waals surface area contributed by atoms with E-state index in [1.807, 2.05) is 18.2 Å². The highest BCUT2D eigenvalue weighted by Gasteiger charge is 2.32. The molecule has 0 aliphatic carbocycles. The first-order valence-electron chi connectivity index (χ1n) is 8.87. The second kappa shape index (κ2) is 8.60. The van der Waals surface area contributed by atoms with E-state index in [1.54, 1.807) is 18.9 Å². The number of carbonyl (C=O) groups is 1. The van der Waals surface area contributed by atoms with Crippen molar-refractivity contribution in [1.82, 2.24) is 4.90 Å². The van der Waals surface area contributed by atoms with Crippen molar-refractivity contribution in [2.45, 2.75) is 23.8 Å². The number of para-hydroxylation sites is 1. The molecular formula is C21H25NO3S. The minimum atomic E-state index is -0.703. The molecular weight excluding hydrogens is 346 g/mol. The number of hydrogen-bond acceptors (Lipinski definition) is 4. The van der Waals surface area contributed by atoms with Crippen molar-refractivity contribution in [3.05, 3.63) is 59.7 Å². The zero-order valence-corrected chi connectivity index (χ0v) is 16.0. The highest BCUT2D eigenvalue weighted by Crippen LogP contribution is 2.37. The molecule has 0 radical (unpaired) electrons. The molecule has 0 amide bonds. The van der Waals surface area contributed by atoms with Gasteiger partial charge in [-0.25, -0.2) is 0 Å². The van der Waals surface area contributed by atoms with Gasteiger partial charge in [0.15, 0.2) is 0 Å². The van der Waals surface area contributed by atoms with Crippen molar-refractivity contribution >= 4 is 17.7 Å². The summed E-state index contributed by atoms with van der Waals surface area (Å²) in [5.41, 5.74) is 2.25. The largest absolute Gasteiger partial charge is 0.496 e. The standard InChI is InChI=1S/C21H25NO3S/c1-25-19-8-4-3-7-18(19)20(15-9-11-17(26-2)12-10-15)22-13-5-6-16(14-22)21(23)24/h3-4,7-12,16,20H,5-6,13-14H2,1-2H3,(H,23,24). The Morgan fingerprint density at radius 1 is 1.23 bits per heavy atom. The summed E-state index contributed by atoms with van der Waals surface area (Å²) < 4.78 is 5.61. The van der Waals surface area contributed by atoms with E-state index in [0.29, 0.717) is 6.54 Å². The maximum atomic E-state index is 11.5. The number of ether oxygens (including phenoxy) is 1. The summed E-state index contributed by atoms with van der Waals surface area (Å²) >= 11 is 1.72. The minimum absolute atomic E-state index is 0.00999. The monoisotopic (exact) mass is 371 g/mol. The van der Waals surface area contributed by atoms with Gasteiger partial charge in [-0.2, -0.15) is 0 Å². The molecule has 4 nitrogen and oxygen atoms in total. The normalized spacial score (nSPS) is 19.1. The fourth-order valence-corrected chi connectivity index (χ4v) is 4.12. The maximum Gasteiger partial charge on any atom is 0.307 e. The van der Waals surface area contributed by atoms with Gasteiger partial charge in [0.1, 0.15) is 5.75 Å². The van der Waals surface area contributed by atoms with Gasteiger partial charge in [-0.1, -0.05) is 30.3 Å². The molecule has 0 bridgehead atoms. The summed E-state index contributed by atoms with van der Waals surface area (Å²) in [6.45, 7) is 1.44. The molecule has 2 aromatic carbocycles. The summed E-state index contributed by atoms with van der Waals surface area (Å²) in [5, 5.41) is 9.49. The molecule has 1 fully saturated rings. The number of piperidine rings is 1. The van der Waals surface area contributed by atoms with Gasteiger partial charge in [-0.3, -0.25) is 9.69 Å². The van der Waals surface area contributed by atoms with Crippen LogP contribution in [0.2, 0.25) is 0 Å². The van der Waals surface area contributed by atoms with Crippen molar-refractivity contribution in [2.75, 3.05) is 26.5 Å². The number of rotatable bonds is 6. The molecule has 1 aliphatic heterocycles. The maximum absolute atomic E-state index is 11.5. The molecule has 2 atom stereocenters. The van der Waals surface area contributed by atoms with Crippen LogP contribution in [0, 0.1) is 5.92 Å². The number of aliphatic carboxylic acids is 1. The third-order valence-electron chi connectivity index (χ3n) is 5.03. The first-order valence-corrected chi connectivity index (χ1v) is 10.1. The van der Waals surface area contributed by atoms with Crippen LogP contribution in [0.25, 0.3) is 0 Å². The van der Waals surface area contributed by atoms with Crippen LogP contribution >= 0.6 is 11.8 Å². The second-order valence-corrected chi connectivity index (χ2v) is 7.47. The van der Waals surface area contributed by atoms with Gasteiger partial charge >= 0.3 is 5.97 Å². The van der Waals surface area contributed by atoms with Crippen molar-refractivity contribution in [3.63, 3.8) is 0 Å². The van der Waals surface area contributed by atoms with Gasteiger partial charge in [0.25, 0.3) is 0 Å². The Bertz CT molecular complexity index is 747. The number of carboxylic acid groups (broad SMARTS) is 1. The van der Waals surface area contributed by atoms with E-state index >= 15 is 0 Å². The highest BCUT2D eigenvalue weighted by atomic mass is 32.2. The molecule has 138 valence electrons. The van der Waals surface area contributed by atoms with Crippen molar-refractivity contribution < 1.29 is 14.6 Å². The quantitative estimate of drug-likeness (QED) is 0.767. The number of methoxy groups -OCH3 is 1. The van der Waals surface area contributed by atoms with Crippen molar-refractivity contribution in [3.8, 4) is 5.75 Å². The first kappa shape index (κ1) is 18.8. The van der Waals surface area contributed by atoms with E-state index in [-0.39, 0.29) is 12.0 Å². The van der Waals surface area contributed by atoms with E-state index in [2.05, 4.69) is 41.5 Å². The summed E-state index contributed by atoms with van der Waals surface area (Å²) in [5.74, 6) is -0.179. The fourth-order valence-electron chi connectivity index (χ4n) is 3.71. The minimum Gasteiger partial charge on any atom is -0.496 e. The van der Waals surface area contributed by atoms with E-state index < -0.39 is 5.97 Å². The van der Waals surface area contributed by atoms with Crippen molar-refractivity contribution in [1.29, 1.82) is 0 Å². The zero-order valence-electron chi connectivity index (χ0n) is 15.2. The topological polar surface area (TPSA) is 49.8 Å². The lowest BCUT2D eigenvalue weighted by Gasteiger charge is -2.38. The highest BCUT2D eigenvalue weighted by molar-refractivity contribution is 7.98. The number of thioether (sulfide) groups is 1. The summed E-state index contributed by atoms with van der Waals surface area (Å²) in [6, 6.07) is 16.6. The number of nitrogens with zero attached hydrogens (tertiary/aromatic N) is 1. The molecule has 0 aromatic heterocycles. The first-order chi connectivity index (χ1) is 12.6. The van der Waals surface area contributed by atoms with E-state index in [9.17, 15) is 9.90 Å². The Labute approximate surface area is 159 Å². The van der Waals surface area contributed by atoms with E-state index in [4.69, 9.17) is 4.74 Å². The number of carboxylic acids is 1. The predicted octanol–water partition coefficient (Wildman–Crippen LogP) is 4.30. The van der Waals surface area contributed by atoms with Gasteiger partial charge in [-0.15, -0.1) is 11.8 Å². The Balaban J connectivity index is 2.02. The Morgan fingerprint density at radius 3 is 2.62 bits per heavy atom. The van der Waals surface area contributed by atoms with Crippen molar-refractivity contribution in [2.24, 2.45) is 5.92 Å². The molecule has 3 rings (SSSR count). The SMILES string of the molecule is COc1ccccc1C(c1ccc(SC)cc1)N1CCCC(C(=O)O)C1. The molecule has 5 heteroatoms. The van der Waals surface area contributed by atoms with Crippen LogP contribution in [0.3, 0.4) is 0 Å². The van der Waals surface area contributed by atoms with E-state index in [1.165, 1.54) is 10.5 Å². The zero-order chi connectivity index (χ0) is 18.5. The van der Waals surface area contributed by atoms with Gasteiger partial charge in [0.05, 0.1) is 19.1 Å². The smallest absolute Gasteiger partial charge is 0.307 e. The molecule has 0 saturated carbocycles. The molecule has 1 N–H and O–H groups in total. The van der Waals surface area contributed by atoms with Crippen LogP contribution < -0.4 is 4.74 Å². The summed E-state index contributed by atoms with van der Waals surface area (Å²) in [4.78, 5) is 15.1. The number of benzene rings is 2. The third kappa shape index (κ3) is 4.05. The Kier molecular flexibility index (Phi) is 6.22. The molecule has 0 spiro atoms. The van der Waals surface area contributed by atoms with Crippen LogP contribution in [-0.2, 0) is 4.79 Å². The van der Waals surface area contributed by atoms with Crippen LogP contribution in [0.1, 0.15) is 30.0 Å². The summed E-state index contributed by atoms with van der Waals surface area (Å²) in [7, 11) is 1.68.